The molecule has 1 aromatic carbocycles. The Morgan fingerprint density at radius 3 is 2.10 bits per heavy atom. The van der Waals surface area contributed by atoms with Crippen LogP contribution in [0, 0.1) is 0 Å². The SMILES string of the molecule is C=CCC(=CCN(CC=C)Cc1ccccc1)CC=C. The van der Waals surface area contributed by atoms with Crippen molar-refractivity contribution in [2.24, 2.45) is 0 Å². The topological polar surface area (TPSA) is 3.24 Å². The van der Waals surface area contributed by atoms with Crippen LogP contribution in [0.1, 0.15) is 18.4 Å². The van der Waals surface area contributed by atoms with Crippen molar-refractivity contribution in [3.8, 4) is 0 Å². The second-order valence-corrected chi connectivity index (χ2v) is 4.82. The van der Waals surface area contributed by atoms with Crippen LogP contribution in [0.15, 0.2) is 79.9 Å². The molecule has 0 aliphatic carbocycles. The standard InChI is InChI=1S/C19H25N/c1-4-10-18(11-5-2)14-16-20(15-6-3)17-19-12-8-7-9-13-19/h4-9,12-14H,1-3,10-11,15-17H2. The average molecular weight is 267 g/mol. The van der Waals surface area contributed by atoms with Crippen molar-refractivity contribution in [3.05, 3.63) is 85.5 Å². The molecule has 1 aromatic rings. The van der Waals surface area contributed by atoms with Crippen LogP contribution in [0.5, 0.6) is 0 Å². The predicted molar refractivity (Wildman–Crippen MR) is 89.6 cm³/mol. The zero-order chi connectivity index (χ0) is 14.6. The van der Waals surface area contributed by atoms with Crippen molar-refractivity contribution in [2.45, 2.75) is 19.4 Å². The third-order valence-electron chi connectivity index (χ3n) is 3.09. The van der Waals surface area contributed by atoms with Gasteiger partial charge in [0.2, 0.25) is 0 Å². The van der Waals surface area contributed by atoms with Gasteiger partial charge in [-0.2, -0.15) is 0 Å². The Morgan fingerprint density at radius 2 is 1.55 bits per heavy atom. The van der Waals surface area contributed by atoms with E-state index in [-0.39, 0.29) is 0 Å². The van der Waals surface area contributed by atoms with Gasteiger partial charge in [0.15, 0.2) is 0 Å². The first-order valence-electron chi connectivity index (χ1n) is 7.07. The van der Waals surface area contributed by atoms with Crippen LogP contribution in [-0.4, -0.2) is 18.0 Å². The van der Waals surface area contributed by atoms with Crippen molar-refractivity contribution in [1.82, 2.24) is 4.90 Å². The molecule has 1 rings (SSSR count). The summed E-state index contributed by atoms with van der Waals surface area (Å²) >= 11 is 0. The molecular weight excluding hydrogens is 242 g/mol. The molecule has 20 heavy (non-hydrogen) atoms. The minimum Gasteiger partial charge on any atom is -0.292 e. The summed E-state index contributed by atoms with van der Waals surface area (Å²) in [6.45, 7) is 14.2. The lowest BCUT2D eigenvalue weighted by molar-refractivity contribution is 0.326. The fourth-order valence-corrected chi connectivity index (χ4v) is 2.11. The second kappa shape index (κ2) is 9.99. The Morgan fingerprint density at radius 1 is 0.900 bits per heavy atom. The molecule has 0 bridgehead atoms. The van der Waals surface area contributed by atoms with E-state index in [9.17, 15) is 0 Å². The summed E-state index contributed by atoms with van der Waals surface area (Å²) in [5.74, 6) is 0. The maximum absolute atomic E-state index is 3.85. The smallest absolute Gasteiger partial charge is 0.0240 e. The molecule has 0 heterocycles. The first-order chi connectivity index (χ1) is 9.80. The highest BCUT2D eigenvalue weighted by Crippen LogP contribution is 2.10. The molecule has 0 N–H and O–H groups in total. The van der Waals surface area contributed by atoms with Crippen molar-refractivity contribution < 1.29 is 0 Å². The fourth-order valence-electron chi connectivity index (χ4n) is 2.11. The molecule has 0 atom stereocenters. The summed E-state index contributed by atoms with van der Waals surface area (Å²) in [6, 6.07) is 10.5. The van der Waals surface area contributed by atoms with Gasteiger partial charge in [-0.3, -0.25) is 4.90 Å². The van der Waals surface area contributed by atoms with Gasteiger partial charge in [-0.05, 0) is 18.4 Å². The van der Waals surface area contributed by atoms with Crippen LogP contribution >= 0.6 is 0 Å². The highest BCUT2D eigenvalue weighted by atomic mass is 15.1. The number of rotatable bonds is 10. The van der Waals surface area contributed by atoms with Gasteiger partial charge in [0.25, 0.3) is 0 Å². The maximum Gasteiger partial charge on any atom is 0.0240 e. The molecular formula is C19H25N. The maximum atomic E-state index is 3.85. The van der Waals surface area contributed by atoms with E-state index in [1.807, 2.05) is 24.3 Å². The van der Waals surface area contributed by atoms with Gasteiger partial charge >= 0.3 is 0 Å². The van der Waals surface area contributed by atoms with Crippen LogP contribution in [0.25, 0.3) is 0 Å². The molecule has 0 fully saturated rings. The lowest BCUT2D eigenvalue weighted by atomic mass is 10.1. The zero-order valence-electron chi connectivity index (χ0n) is 12.3. The number of hydrogen-bond acceptors (Lipinski definition) is 1. The fraction of sp³-hybridized carbons (Fsp3) is 0.263. The Bertz CT molecular complexity index is 430. The Labute approximate surface area is 123 Å². The van der Waals surface area contributed by atoms with Crippen LogP contribution in [0.3, 0.4) is 0 Å². The molecule has 106 valence electrons. The largest absolute Gasteiger partial charge is 0.292 e. The summed E-state index contributed by atoms with van der Waals surface area (Å²) in [5.41, 5.74) is 2.70. The van der Waals surface area contributed by atoms with Gasteiger partial charge in [0.1, 0.15) is 0 Å². The van der Waals surface area contributed by atoms with E-state index in [1.165, 1.54) is 11.1 Å². The van der Waals surface area contributed by atoms with E-state index >= 15 is 0 Å². The monoisotopic (exact) mass is 267 g/mol. The van der Waals surface area contributed by atoms with Crippen molar-refractivity contribution >= 4 is 0 Å². The Balaban J connectivity index is 2.65. The lowest BCUT2D eigenvalue weighted by Crippen LogP contribution is -2.23. The first-order valence-corrected chi connectivity index (χ1v) is 7.07. The van der Waals surface area contributed by atoms with E-state index in [2.05, 4.69) is 55.0 Å². The van der Waals surface area contributed by atoms with Crippen molar-refractivity contribution in [2.75, 3.05) is 13.1 Å². The third kappa shape index (κ3) is 6.35. The molecule has 0 spiro atoms. The molecule has 0 aliphatic rings. The number of benzene rings is 1. The summed E-state index contributed by atoms with van der Waals surface area (Å²) in [5, 5.41) is 0. The molecule has 0 aliphatic heterocycles. The van der Waals surface area contributed by atoms with Crippen LogP contribution in [-0.2, 0) is 6.54 Å². The third-order valence-corrected chi connectivity index (χ3v) is 3.09. The average Bonchev–Trinajstić information content (AvgIpc) is 2.46. The van der Waals surface area contributed by atoms with Gasteiger partial charge in [0.05, 0.1) is 0 Å². The normalized spacial score (nSPS) is 10.1. The van der Waals surface area contributed by atoms with E-state index in [4.69, 9.17) is 0 Å². The van der Waals surface area contributed by atoms with Crippen LogP contribution in [0.4, 0.5) is 0 Å². The summed E-state index contributed by atoms with van der Waals surface area (Å²) in [6.07, 6.45) is 10.0. The number of hydrogen-bond donors (Lipinski definition) is 0. The summed E-state index contributed by atoms with van der Waals surface area (Å²) in [4.78, 5) is 2.37. The Hall–Kier alpha value is -1.86. The molecule has 0 unspecified atom stereocenters. The molecule has 0 aromatic heterocycles. The summed E-state index contributed by atoms with van der Waals surface area (Å²) < 4.78 is 0. The second-order valence-electron chi connectivity index (χ2n) is 4.82. The van der Waals surface area contributed by atoms with Crippen LogP contribution < -0.4 is 0 Å². The highest BCUT2D eigenvalue weighted by Gasteiger charge is 2.03. The quantitative estimate of drug-likeness (QED) is 0.553. The van der Waals surface area contributed by atoms with Gasteiger partial charge in [-0.25, -0.2) is 0 Å². The van der Waals surface area contributed by atoms with Gasteiger partial charge in [0, 0.05) is 19.6 Å². The lowest BCUT2D eigenvalue weighted by Gasteiger charge is -2.19. The first kappa shape index (κ1) is 16.2. The molecule has 0 saturated heterocycles. The van der Waals surface area contributed by atoms with E-state index in [0.717, 1.165) is 32.5 Å². The van der Waals surface area contributed by atoms with E-state index in [0.29, 0.717) is 0 Å². The van der Waals surface area contributed by atoms with Crippen molar-refractivity contribution in [1.29, 1.82) is 0 Å². The van der Waals surface area contributed by atoms with E-state index < -0.39 is 0 Å². The number of allylic oxidation sites excluding steroid dienone is 3. The highest BCUT2D eigenvalue weighted by molar-refractivity contribution is 5.15. The van der Waals surface area contributed by atoms with Crippen molar-refractivity contribution in [3.63, 3.8) is 0 Å². The van der Waals surface area contributed by atoms with Gasteiger partial charge in [-0.1, -0.05) is 60.2 Å². The van der Waals surface area contributed by atoms with Gasteiger partial charge in [-0.15, -0.1) is 19.7 Å². The Kier molecular flexibility index (Phi) is 8.09. The van der Waals surface area contributed by atoms with E-state index in [1.54, 1.807) is 0 Å². The summed E-state index contributed by atoms with van der Waals surface area (Å²) in [7, 11) is 0. The molecule has 0 amide bonds. The molecule has 1 heteroatoms. The van der Waals surface area contributed by atoms with Crippen LogP contribution in [0.2, 0.25) is 0 Å². The molecule has 0 radical (unpaired) electrons. The zero-order valence-corrected chi connectivity index (χ0v) is 12.3. The predicted octanol–water partition coefficient (Wildman–Crippen LogP) is 4.75. The molecule has 1 nitrogen and oxygen atoms in total. The minimum absolute atomic E-state index is 0.890. The number of nitrogens with zero attached hydrogens (tertiary/aromatic N) is 1. The molecule has 0 saturated carbocycles. The minimum atomic E-state index is 0.890. The van der Waals surface area contributed by atoms with Gasteiger partial charge < -0.3 is 0 Å².